The summed E-state index contributed by atoms with van der Waals surface area (Å²) in [5.74, 6) is 1.66. The molecular weight excluding hydrogens is 308 g/mol. The van der Waals surface area contributed by atoms with Crippen molar-refractivity contribution < 1.29 is 4.52 Å². The van der Waals surface area contributed by atoms with Crippen LogP contribution in [0.5, 0.6) is 0 Å². The summed E-state index contributed by atoms with van der Waals surface area (Å²) in [5, 5.41) is 4.63. The molecule has 0 aliphatic heterocycles. The fourth-order valence-electron chi connectivity index (χ4n) is 1.69. The summed E-state index contributed by atoms with van der Waals surface area (Å²) in [6, 6.07) is 9.11. The van der Waals surface area contributed by atoms with Gasteiger partial charge in [-0.15, -0.1) is 11.8 Å². The van der Waals surface area contributed by atoms with Gasteiger partial charge in [0.2, 0.25) is 0 Å². The third-order valence-corrected chi connectivity index (χ3v) is 4.06. The summed E-state index contributed by atoms with van der Waals surface area (Å²) in [6.45, 7) is 0. The van der Waals surface area contributed by atoms with Crippen LogP contribution in [0.1, 0.15) is 5.82 Å². The van der Waals surface area contributed by atoms with E-state index in [9.17, 15) is 0 Å². The Labute approximate surface area is 130 Å². The van der Waals surface area contributed by atoms with Gasteiger partial charge in [-0.05, 0) is 30.3 Å². The monoisotopic (exact) mass is 318 g/mol. The quantitative estimate of drug-likeness (QED) is 0.740. The first kappa shape index (κ1) is 13.9. The second kappa shape index (κ2) is 6.15. The maximum atomic E-state index is 5.85. The van der Waals surface area contributed by atoms with Crippen LogP contribution in [-0.4, -0.2) is 15.1 Å². The average molecular weight is 319 g/mol. The van der Waals surface area contributed by atoms with Gasteiger partial charge in [-0.1, -0.05) is 16.8 Å². The van der Waals surface area contributed by atoms with E-state index in [0.717, 1.165) is 10.5 Å². The molecule has 0 bridgehead atoms. The smallest absolute Gasteiger partial charge is 0.257 e. The van der Waals surface area contributed by atoms with Crippen LogP contribution in [0, 0.1) is 0 Å². The molecule has 2 N–H and O–H groups in total. The highest BCUT2D eigenvalue weighted by molar-refractivity contribution is 7.98. The summed E-state index contributed by atoms with van der Waals surface area (Å²) in [4.78, 5) is 9.26. The minimum absolute atomic E-state index is 0.477. The van der Waals surface area contributed by atoms with Gasteiger partial charge in [-0.25, -0.2) is 0 Å². The number of thioether (sulfide) groups is 1. The van der Waals surface area contributed by atoms with E-state index in [-0.39, 0.29) is 0 Å². The molecule has 106 valence electrons. The van der Waals surface area contributed by atoms with Crippen molar-refractivity contribution in [1.82, 2.24) is 15.1 Å². The molecule has 7 heteroatoms. The Hall–Kier alpha value is -2.05. The van der Waals surface area contributed by atoms with E-state index in [4.69, 9.17) is 21.9 Å². The first-order valence-electron chi connectivity index (χ1n) is 6.13. The summed E-state index contributed by atoms with van der Waals surface area (Å²) in [6.07, 6.45) is 3.33. The Morgan fingerprint density at radius 2 is 2.00 bits per heavy atom. The number of pyridine rings is 1. The minimum atomic E-state index is 0.477. The van der Waals surface area contributed by atoms with Crippen LogP contribution in [0.3, 0.4) is 0 Å². The van der Waals surface area contributed by atoms with Gasteiger partial charge in [0.15, 0.2) is 5.82 Å². The van der Waals surface area contributed by atoms with Crippen LogP contribution in [0.25, 0.3) is 11.5 Å². The van der Waals surface area contributed by atoms with Crippen molar-refractivity contribution in [3.05, 3.63) is 53.6 Å². The van der Waals surface area contributed by atoms with E-state index < -0.39 is 0 Å². The van der Waals surface area contributed by atoms with E-state index in [1.54, 1.807) is 36.3 Å². The average Bonchev–Trinajstić information content (AvgIpc) is 2.96. The zero-order chi connectivity index (χ0) is 14.7. The van der Waals surface area contributed by atoms with Gasteiger partial charge in [0.1, 0.15) is 0 Å². The lowest BCUT2D eigenvalue weighted by molar-refractivity contribution is 0.425. The van der Waals surface area contributed by atoms with Crippen molar-refractivity contribution >= 4 is 29.1 Å². The van der Waals surface area contributed by atoms with E-state index >= 15 is 0 Å². The lowest BCUT2D eigenvalue weighted by atomic mass is 10.2. The number of aromatic nitrogens is 3. The molecule has 0 amide bonds. The van der Waals surface area contributed by atoms with Crippen LogP contribution in [-0.2, 0) is 5.75 Å². The zero-order valence-electron chi connectivity index (χ0n) is 10.9. The number of nitrogen functional groups attached to an aromatic ring is 1. The molecule has 0 aliphatic rings. The second-order valence-corrected chi connectivity index (χ2v) is 5.68. The Morgan fingerprint density at radius 3 is 2.76 bits per heavy atom. The lowest BCUT2D eigenvalue weighted by Gasteiger charge is -2.01. The predicted octanol–water partition coefficient (Wildman–Crippen LogP) is 3.66. The SMILES string of the molecule is Nc1cnccc1SCc1noc(-c2ccc(Cl)cc2)n1. The molecule has 0 fully saturated rings. The number of halogens is 1. The van der Waals surface area contributed by atoms with E-state index in [0.29, 0.717) is 28.2 Å². The first-order valence-corrected chi connectivity index (χ1v) is 7.49. The highest BCUT2D eigenvalue weighted by Crippen LogP contribution is 2.27. The largest absolute Gasteiger partial charge is 0.397 e. The molecule has 0 radical (unpaired) electrons. The fraction of sp³-hybridized carbons (Fsp3) is 0.0714. The molecule has 21 heavy (non-hydrogen) atoms. The first-order chi connectivity index (χ1) is 10.2. The highest BCUT2D eigenvalue weighted by atomic mass is 35.5. The Morgan fingerprint density at radius 1 is 1.19 bits per heavy atom. The maximum Gasteiger partial charge on any atom is 0.257 e. The topological polar surface area (TPSA) is 77.8 Å². The molecular formula is C14H11ClN4OS. The number of hydrogen-bond donors (Lipinski definition) is 1. The molecule has 1 aromatic carbocycles. The zero-order valence-corrected chi connectivity index (χ0v) is 12.4. The number of nitrogens with two attached hydrogens (primary N) is 1. The molecule has 3 rings (SSSR count). The minimum Gasteiger partial charge on any atom is -0.397 e. The van der Waals surface area contributed by atoms with Crippen molar-refractivity contribution in [2.75, 3.05) is 5.73 Å². The van der Waals surface area contributed by atoms with Crippen molar-refractivity contribution in [1.29, 1.82) is 0 Å². The number of nitrogens with zero attached hydrogens (tertiary/aromatic N) is 3. The van der Waals surface area contributed by atoms with Crippen molar-refractivity contribution in [2.24, 2.45) is 0 Å². The molecule has 3 aromatic rings. The summed E-state index contributed by atoms with van der Waals surface area (Å²) >= 11 is 7.39. The van der Waals surface area contributed by atoms with Crippen LogP contribution in [0.2, 0.25) is 5.02 Å². The van der Waals surface area contributed by atoms with Gasteiger partial charge in [0, 0.05) is 21.7 Å². The second-order valence-electron chi connectivity index (χ2n) is 4.22. The fourth-order valence-corrected chi connectivity index (χ4v) is 2.59. The van der Waals surface area contributed by atoms with Gasteiger partial charge in [0.25, 0.3) is 5.89 Å². The molecule has 0 saturated heterocycles. The van der Waals surface area contributed by atoms with Gasteiger partial charge >= 0.3 is 0 Å². The number of hydrogen-bond acceptors (Lipinski definition) is 6. The summed E-state index contributed by atoms with van der Waals surface area (Å²) in [7, 11) is 0. The number of benzene rings is 1. The van der Waals surface area contributed by atoms with Crippen LogP contribution < -0.4 is 5.73 Å². The molecule has 0 unspecified atom stereocenters. The van der Waals surface area contributed by atoms with Crippen LogP contribution in [0.4, 0.5) is 5.69 Å². The standard InChI is InChI=1S/C14H11ClN4OS/c15-10-3-1-9(2-4-10)14-18-13(19-20-14)8-21-12-5-6-17-7-11(12)16/h1-7H,8,16H2. The molecule has 2 aromatic heterocycles. The van der Waals surface area contributed by atoms with Gasteiger partial charge < -0.3 is 10.3 Å². The normalized spacial score (nSPS) is 10.7. The maximum absolute atomic E-state index is 5.85. The summed E-state index contributed by atoms with van der Waals surface area (Å²) in [5.41, 5.74) is 7.32. The molecule has 0 saturated carbocycles. The lowest BCUT2D eigenvalue weighted by Crippen LogP contribution is -1.90. The van der Waals surface area contributed by atoms with E-state index in [1.165, 1.54) is 0 Å². The molecule has 0 atom stereocenters. The van der Waals surface area contributed by atoms with Gasteiger partial charge in [-0.2, -0.15) is 4.98 Å². The Bertz CT molecular complexity index is 745. The van der Waals surface area contributed by atoms with Crippen molar-refractivity contribution in [3.8, 4) is 11.5 Å². The molecule has 0 aliphatic carbocycles. The van der Waals surface area contributed by atoms with Crippen molar-refractivity contribution in [2.45, 2.75) is 10.6 Å². The Balaban J connectivity index is 1.71. The van der Waals surface area contributed by atoms with E-state index in [2.05, 4.69) is 15.1 Å². The third-order valence-electron chi connectivity index (χ3n) is 2.73. The third kappa shape index (κ3) is 3.34. The van der Waals surface area contributed by atoms with Crippen LogP contribution >= 0.6 is 23.4 Å². The number of rotatable bonds is 4. The van der Waals surface area contributed by atoms with Gasteiger partial charge in [-0.3, -0.25) is 4.98 Å². The molecule has 0 spiro atoms. The van der Waals surface area contributed by atoms with Gasteiger partial charge in [0.05, 0.1) is 17.6 Å². The highest BCUT2D eigenvalue weighted by Gasteiger charge is 2.09. The summed E-state index contributed by atoms with van der Waals surface area (Å²) < 4.78 is 5.25. The molecule has 5 nitrogen and oxygen atoms in total. The van der Waals surface area contributed by atoms with Crippen LogP contribution in [0.15, 0.2) is 52.1 Å². The molecule has 2 heterocycles. The predicted molar refractivity (Wildman–Crippen MR) is 83.0 cm³/mol. The van der Waals surface area contributed by atoms with Crippen molar-refractivity contribution in [3.63, 3.8) is 0 Å². The Kier molecular flexibility index (Phi) is 4.08. The van der Waals surface area contributed by atoms with E-state index in [1.807, 2.05) is 18.2 Å². The number of anilines is 1.